The van der Waals surface area contributed by atoms with E-state index in [4.69, 9.17) is 0 Å². The van der Waals surface area contributed by atoms with Crippen LogP contribution in [0.3, 0.4) is 0 Å². The van der Waals surface area contributed by atoms with Gasteiger partial charge in [-0.05, 0) is 34.8 Å². The highest BCUT2D eigenvalue weighted by atomic mass is 79.9. The minimum absolute atomic E-state index is 0.0839. The molecular weight excluding hydrogens is 336 g/mol. The van der Waals surface area contributed by atoms with Gasteiger partial charge in [0.1, 0.15) is 4.47 Å². The van der Waals surface area contributed by atoms with Crippen LogP contribution in [-0.4, -0.2) is 28.8 Å². The molecule has 0 N–H and O–H groups in total. The molecule has 1 amide bonds. The fourth-order valence-electron chi connectivity index (χ4n) is 2.21. The normalized spacial score (nSPS) is 10.7. The van der Waals surface area contributed by atoms with Crippen LogP contribution in [-0.2, 0) is 0 Å². The zero-order valence-electron chi connectivity index (χ0n) is 12.6. The van der Waals surface area contributed by atoms with E-state index in [1.165, 1.54) is 6.07 Å². The second kappa shape index (κ2) is 8.12. The monoisotopic (exact) mass is 356 g/mol. The molecule has 6 heteroatoms. The van der Waals surface area contributed by atoms with E-state index in [9.17, 15) is 14.9 Å². The van der Waals surface area contributed by atoms with E-state index in [1.807, 2.05) is 6.92 Å². The van der Waals surface area contributed by atoms with Crippen LogP contribution in [0.4, 0.5) is 5.69 Å². The van der Waals surface area contributed by atoms with Gasteiger partial charge in [-0.3, -0.25) is 14.9 Å². The smallest absolute Gasteiger partial charge is 0.284 e. The summed E-state index contributed by atoms with van der Waals surface area (Å²) in [5, 5.41) is 11.0. The van der Waals surface area contributed by atoms with Gasteiger partial charge in [0.15, 0.2) is 0 Å². The van der Waals surface area contributed by atoms with Gasteiger partial charge in [0.25, 0.3) is 11.6 Å². The van der Waals surface area contributed by atoms with Crippen LogP contribution in [0.25, 0.3) is 0 Å². The molecule has 1 aromatic carbocycles. The quantitative estimate of drug-likeness (QED) is 0.541. The van der Waals surface area contributed by atoms with Gasteiger partial charge in [-0.25, -0.2) is 0 Å². The molecule has 0 fully saturated rings. The molecule has 1 rings (SSSR count). The van der Waals surface area contributed by atoms with Crippen LogP contribution >= 0.6 is 15.9 Å². The van der Waals surface area contributed by atoms with Crippen molar-refractivity contribution >= 4 is 27.5 Å². The zero-order valence-corrected chi connectivity index (χ0v) is 14.2. The maximum Gasteiger partial charge on any atom is 0.284 e. The number of amides is 1. The molecule has 0 heterocycles. The number of nitrogens with zero attached hydrogens (tertiary/aromatic N) is 2. The SMILES string of the molecule is CCC(CC)CN(CC)C(=O)c1cccc([N+](=O)[O-])c1Br. The average molecular weight is 357 g/mol. The first kappa shape index (κ1) is 17.6. The summed E-state index contributed by atoms with van der Waals surface area (Å²) in [6.07, 6.45) is 2.02. The van der Waals surface area contributed by atoms with E-state index in [0.29, 0.717) is 24.6 Å². The molecule has 5 nitrogen and oxygen atoms in total. The molecule has 0 aliphatic carbocycles. The Bertz CT molecular complexity index is 516. The second-order valence-corrected chi connectivity index (χ2v) is 5.72. The van der Waals surface area contributed by atoms with E-state index in [2.05, 4.69) is 29.8 Å². The van der Waals surface area contributed by atoms with Crippen molar-refractivity contribution < 1.29 is 9.72 Å². The molecule has 0 bridgehead atoms. The van der Waals surface area contributed by atoms with Crippen LogP contribution in [0.1, 0.15) is 44.0 Å². The Balaban J connectivity index is 3.05. The number of carbonyl (C=O) groups excluding carboxylic acids is 1. The number of halogens is 1. The molecule has 0 saturated heterocycles. The average Bonchev–Trinajstić information content (AvgIpc) is 2.48. The van der Waals surface area contributed by atoms with Crippen LogP contribution < -0.4 is 0 Å². The number of nitro groups is 1. The molecule has 0 aliphatic heterocycles. The summed E-state index contributed by atoms with van der Waals surface area (Å²) in [4.78, 5) is 24.8. The fraction of sp³-hybridized carbons (Fsp3) is 0.533. The van der Waals surface area contributed by atoms with Crippen LogP contribution in [0, 0.1) is 16.0 Å². The van der Waals surface area contributed by atoms with Gasteiger partial charge in [-0.1, -0.05) is 32.8 Å². The standard InChI is InChI=1S/C15H21BrN2O3/c1-4-11(5-2)10-17(6-3)15(19)12-8-7-9-13(14(12)16)18(20)21/h7-9,11H,4-6,10H2,1-3H3. The first-order chi connectivity index (χ1) is 9.96. The summed E-state index contributed by atoms with van der Waals surface area (Å²) in [5.41, 5.74) is 0.261. The Morgan fingerprint density at radius 3 is 2.43 bits per heavy atom. The molecule has 0 atom stereocenters. The van der Waals surface area contributed by atoms with Gasteiger partial charge in [0, 0.05) is 19.2 Å². The number of carbonyl (C=O) groups is 1. The van der Waals surface area contributed by atoms with Gasteiger partial charge in [0.05, 0.1) is 10.5 Å². The number of nitro benzene ring substituents is 1. The van der Waals surface area contributed by atoms with Gasteiger partial charge in [-0.2, -0.15) is 0 Å². The van der Waals surface area contributed by atoms with E-state index in [-0.39, 0.29) is 16.1 Å². The van der Waals surface area contributed by atoms with E-state index >= 15 is 0 Å². The number of hydrogen-bond acceptors (Lipinski definition) is 3. The Labute approximate surface area is 133 Å². The molecule has 116 valence electrons. The third-order valence-corrected chi connectivity index (χ3v) is 4.54. The summed E-state index contributed by atoms with van der Waals surface area (Å²) in [6, 6.07) is 4.55. The minimum atomic E-state index is -0.488. The minimum Gasteiger partial charge on any atom is -0.339 e. The highest BCUT2D eigenvalue weighted by Gasteiger charge is 2.23. The number of hydrogen-bond donors (Lipinski definition) is 0. The molecular formula is C15H21BrN2O3. The summed E-state index contributed by atoms with van der Waals surface area (Å²) in [6.45, 7) is 7.40. The van der Waals surface area contributed by atoms with Crippen molar-refractivity contribution in [2.24, 2.45) is 5.92 Å². The van der Waals surface area contributed by atoms with Crippen molar-refractivity contribution in [1.82, 2.24) is 4.90 Å². The predicted octanol–water partition coefficient (Wildman–Crippen LogP) is 4.26. The van der Waals surface area contributed by atoms with Gasteiger partial charge in [-0.15, -0.1) is 0 Å². The predicted molar refractivity (Wildman–Crippen MR) is 86.4 cm³/mol. The highest BCUT2D eigenvalue weighted by Crippen LogP contribution is 2.29. The van der Waals surface area contributed by atoms with Crippen molar-refractivity contribution in [1.29, 1.82) is 0 Å². The lowest BCUT2D eigenvalue weighted by Crippen LogP contribution is -2.35. The van der Waals surface area contributed by atoms with Crippen molar-refractivity contribution in [3.05, 3.63) is 38.3 Å². The van der Waals surface area contributed by atoms with Crippen LogP contribution in [0.15, 0.2) is 22.7 Å². The Kier molecular flexibility index (Phi) is 6.81. The molecule has 0 unspecified atom stereocenters. The topological polar surface area (TPSA) is 63.5 Å². The zero-order chi connectivity index (χ0) is 16.0. The van der Waals surface area contributed by atoms with Gasteiger partial charge < -0.3 is 4.90 Å². The van der Waals surface area contributed by atoms with E-state index in [1.54, 1.807) is 17.0 Å². The molecule has 0 aromatic heterocycles. The summed E-state index contributed by atoms with van der Waals surface area (Å²) in [5.74, 6) is 0.284. The Morgan fingerprint density at radius 2 is 1.95 bits per heavy atom. The summed E-state index contributed by atoms with van der Waals surface area (Å²) in [7, 11) is 0. The highest BCUT2D eigenvalue weighted by molar-refractivity contribution is 9.10. The lowest BCUT2D eigenvalue weighted by atomic mass is 10.0. The molecule has 21 heavy (non-hydrogen) atoms. The second-order valence-electron chi connectivity index (χ2n) is 4.92. The lowest BCUT2D eigenvalue weighted by Gasteiger charge is -2.25. The van der Waals surface area contributed by atoms with Crippen molar-refractivity contribution in [3.8, 4) is 0 Å². The van der Waals surface area contributed by atoms with Crippen molar-refractivity contribution in [2.75, 3.05) is 13.1 Å². The molecule has 0 spiro atoms. The van der Waals surface area contributed by atoms with Crippen LogP contribution in [0.5, 0.6) is 0 Å². The van der Waals surface area contributed by atoms with E-state index < -0.39 is 4.92 Å². The number of benzene rings is 1. The third kappa shape index (κ3) is 4.27. The first-order valence-electron chi connectivity index (χ1n) is 7.18. The number of rotatable bonds is 7. The molecule has 0 radical (unpaired) electrons. The van der Waals surface area contributed by atoms with Crippen molar-refractivity contribution in [2.45, 2.75) is 33.6 Å². The Hall–Kier alpha value is -1.43. The van der Waals surface area contributed by atoms with Gasteiger partial charge in [0.2, 0.25) is 0 Å². The summed E-state index contributed by atoms with van der Waals surface area (Å²) >= 11 is 3.19. The van der Waals surface area contributed by atoms with Crippen LogP contribution in [0.2, 0.25) is 0 Å². The lowest BCUT2D eigenvalue weighted by molar-refractivity contribution is -0.385. The third-order valence-electron chi connectivity index (χ3n) is 3.71. The largest absolute Gasteiger partial charge is 0.339 e. The van der Waals surface area contributed by atoms with Crippen molar-refractivity contribution in [3.63, 3.8) is 0 Å². The first-order valence-corrected chi connectivity index (χ1v) is 7.97. The maximum atomic E-state index is 12.6. The maximum absolute atomic E-state index is 12.6. The molecule has 1 aromatic rings. The fourth-order valence-corrected chi connectivity index (χ4v) is 2.79. The Morgan fingerprint density at radius 1 is 1.33 bits per heavy atom. The van der Waals surface area contributed by atoms with Gasteiger partial charge >= 0.3 is 0 Å². The van der Waals surface area contributed by atoms with E-state index in [0.717, 1.165) is 12.8 Å². The molecule has 0 aliphatic rings. The molecule has 0 saturated carbocycles. The summed E-state index contributed by atoms with van der Waals surface area (Å²) < 4.78 is 0.253.